The van der Waals surface area contributed by atoms with Crippen LogP contribution in [0.15, 0.2) is 24.3 Å². The van der Waals surface area contributed by atoms with Gasteiger partial charge < -0.3 is 0 Å². The van der Waals surface area contributed by atoms with Crippen LogP contribution in [0.1, 0.15) is 43.9 Å². The number of hydrogen-bond acceptors (Lipinski definition) is 1. The van der Waals surface area contributed by atoms with Crippen LogP contribution in [0.3, 0.4) is 0 Å². The highest BCUT2D eigenvalue weighted by Crippen LogP contribution is 2.33. The smallest absolute Gasteiger partial charge is 0.0350 e. The van der Waals surface area contributed by atoms with E-state index in [9.17, 15) is 0 Å². The number of nitrogens with zero attached hydrogens (tertiary/aromatic N) is 1. The molecule has 1 heteroatoms. The van der Waals surface area contributed by atoms with E-state index in [0.717, 1.165) is 13.1 Å². The topological polar surface area (TPSA) is 3.24 Å². The molecule has 1 atom stereocenters. The van der Waals surface area contributed by atoms with Gasteiger partial charge in [-0.2, -0.15) is 0 Å². The molecule has 2 rings (SSSR count). The molecule has 1 unspecified atom stereocenters. The van der Waals surface area contributed by atoms with Gasteiger partial charge >= 0.3 is 0 Å². The summed E-state index contributed by atoms with van der Waals surface area (Å²) in [5, 5.41) is 0. The fraction of sp³-hybridized carbons (Fsp3) is 0.571. The maximum atomic E-state index is 2.58. The summed E-state index contributed by atoms with van der Waals surface area (Å²) in [5.74, 6) is 0. The van der Waals surface area contributed by atoms with Crippen molar-refractivity contribution < 1.29 is 0 Å². The summed E-state index contributed by atoms with van der Waals surface area (Å²) >= 11 is 0. The highest BCUT2D eigenvalue weighted by atomic mass is 15.1. The van der Waals surface area contributed by atoms with Gasteiger partial charge in [0.15, 0.2) is 0 Å². The van der Waals surface area contributed by atoms with Gasteiger partial charge in [-0.3, -0.25) is 4.90 Å². The zero-order valence-corrected chi connectivity index (χ0v) is 9.87. The molecular formula is C14H21N. The summed E-state index contributed by atoms with van der Waals surface area (Å²) in [5.41, 5.74) is 3.15. The molecule has 0 N–H and O–H groups in total. The third kappa shape index (κ3) is 2.07. The van der Waals surface area contributed by atoms with E-state index in [2.05, 4.69) is 43.0 Å². The molecule has 0 aromatic heterocycles. The molecule has 15 heavy (non-hydrogen) atoms. The highest BCUT2D eigenvalue weighted by molar-refractivity contribution is 5.32. The average molecular weight is 203 g/mol. The Morgan fingerprint density at radius 1 is 1.20 bits per heavy atom. The van der Waals surface area contributed by atoms with E-state index >= 15 is 0 Å². The van der Waals surface area contributed by atoms with E-state index in [0.29, 0.717) is 6.04 Å². The van der Waals surface area contributed by atoms with Crippen LogP contribution < -0.4 is 0 Å². The van der Waals surface area contributed by atoms with Crippen molar-refractivity contribution in [2.24, 2.45) is 0 Å². The molecule has 1 nitrogen and oxygen atoms in total. The molecule has 0 aliphatic heterocycles. The van der Waals surface area contributed by atoms with Crippen LogP contribution >= 0.6 is 0 Å². The quantitative estimate of drug-likeness (QED) is 0.727. The number of benzene rings is 1. The molecule has 0 spiro atoms. The van der Waals surface area contributed by atoms with Crippen LogP contribution in [0.2, 0.25) is 0 Å². The molecule has 0 amide bonds. The predicted octanol–water partition coefficient (Wildman–Crippen LogP) is 3.41. The Morgan fingerprint density at radius 3 is 2.67 bits per heavy atom. The molecular weight excluding hydrogens is 182 g/mol. The largest absolute Gasteiger partial charge is 0.297 e. The fourth-order valence-corrected chi connectivity index (χ4v) is 2.77. The number of aryl methyl sites for hydroxylation is 1. The van der Waals surface area contributed by atoms with Gasteiger partial charge in [0.25, 0.3) is 0 Å². The van der Waals surface area contributed by atoms with Crippen LogP contribution in [0.5, 0.6) is 0 Å². The second-order valence-corrected chi connectivity index (χ2v) is 4.33. The molecule has 0 fully saturated rings. The van der Waals surface area contributed by atoms with E-state index in [4.69, 9.17) is 0 Å². The molecule has 82 valence electrons. The Labute approximate surface area is 93.1 Å². The zero-order chi connectivity index (χ0) is 10.7. The monoisotopic (exact) mass is 203 g/mol. The van der Waals surface area contributed by atoms with Crippen LogP contribution in [0.4, 0.5) is 0 Å². The van der Waals surface area contributed by atoms with Crippen LogP contribution in [0.25, 0.3) is 0 Å². The Hall–Kier alpha value is -0.820. The lowest BCUT2D eigenvalue weighted by atomic mass is 9.87. The first kappa shape index (κ1) is 10.7. The van der Waals surface area contributed by atoms with Crippen molar-refractivity contribution in [2.75, 3.05) is 13.1 Å². The summed E-state index contributed by atoms with van der Waals surface area (Å²) in [6, 6.07) is 9.64. The summed E-state index contributed by atoms with van der Waals surface area (Å²) in [6.07, 6.45) is 3.95. The second-order valence-electron chi connectivity index (χ2n) is 4.33. The first-order valence-corrected chi connectivity index (χ1v) is 6.18. The van der Waals surface area contributed by atoms with Gasteiger partial charge in [0.1, 0.15) is 0 Å². The van der Waals surface area contributed by atoms with E-state index in [1.807, 2.05) is 0 Å². The highest BCUT2D eigenvalue weighted by Gasteiger charge is 2.23. The second kappa shape index (κ2) is 4.80. The Bertz CT molecular complexity index is 315. The molecule has 1 aliphatic carbocycles. The Balaban J connectivity index is 2.28. The van der Waals surface area contributed by atoms with Gasteiger partial charge in [-0.25, -0.2) is 0 Å². The molecule has 1 aliphatic rings. The maximum Gasteiger partial charge on any atom is 0.0350 e. The third-order valence-electron chi connectivity index (χ3n) is 3.59. The minimum absolute atomic E-state index is 0.671. The lowest BCUT2D eigenvalue weighted by Gasteiger charge is -2.34. The SMILES string of the molecule is CCN(CC)C1CCCc2ccccc21. The maximum absolute atomic E-state index is 2.58. The summed E-state index contributed by atoms with van der Waals surface area (Å²) < 4.78 is 0. The van der Waals surface area contributed by atoms with E-state index < -0.39 is 0 Å². The minimum Gasteiger partial charge on any atom is -0.297 e. The molecule has 0 saturated heterocycles. The molecule has 0 bridgehead atoms. The van der Waals surface area contributed by atoms with E-state index in [1.54, 1.807) is 11.1 Å². The van der Waals surface area contributed by atoms with Crippen molar-refractivity contribution >= 4 is 0 Å². The predicted molar refractivity (Wildman–Crippen MR) is 65.0 cm³/mol. The van der Waals surface area contributed by atoms with Crippen molar-refractivity contribution in [3.8, 4) is 0 Å². The summed E-state index contributed by atoms with van der Waals surface area (Å²) in [6.45, 7) is 6.85. The minimum atomic E-state index is 0.671. The summed E-state index contributed by atoms with van der Waals surface area (Å²) in [7, 11) is 0. The molecule has 1 aromatic carbocycles. The first-order chi connectivity index (χ1) is 7.36. The van der Waals surface area contributed by atoms with Gasteiger partial charge in [0.2, 0.25) is 0 Å². The van der Waals surface area contributed by atoms with Gasteiger partial charge in [-0.1, -0.05) is 38.1 Å². The standard InChI is InChI=1S/C14H21N/c1-3-15(4-2)14-11-7-9-12-8-5-6-10-13(12)14/h5-6,8,10,14H,3-4,7,9,11H2,1-2H3. The lowest BCUT2D eigenvalue weighted by molar-refractivity contribution is 0.198. The van der Waals surface area contributed by atoms with Crippen LogP contribution in [-0.2, 0) is 6.42 Å². The van der Waals surface area contributed by atoms with Crippen molar-refractivity contribution in [1.29, 1.82) is 0 Å². The number of rotatable bonds is 3. The van der Waals surface area contributed by atoms with Gasteiger partial charge in [-0.05, 0) is 43.5 Å². The van der Waals surface area contributed by atoms with Gasteiger partial charge in [0.05, 0.1) is 0 Å². The number of fused-ring (bicyclic) bond motifs is 1. The lowest BCUT2D eigenvalue weighted by Crippen LogP contribution is -2.30. The van der Waals surface area contributed by atoms with E-state index in [1.165, 1.54) is 19.3 Å². The first-order valence-electron chi connectivity index (χ1n) is 6.18. The van der Waals surface area contributed by atoms with Crippen molar-refractivity contribution in [2.45, 2.75) is 39.2 Å². The summed E-state index contributed by atoms with van der Waals surface area (Å²) in [4.78, 5) is 2.58. The van der Waals surface area contributed by atoms with Crippen molar-refractivity contribution in [3.63, 3.8) is 0 Å². The van der Waals surface area contributed by atoms with Crippen LogP contribution in [0, 0.1) is 0 Å². The van der Waals surface area contributed by atoms with E-state index in [-0.39, 0.29) is 0 Å². The van der Waals surface area contributed by atoms with Crippen LogP contribution in [-0.4, -0.2) is 18.0 Å². The Kier molecular flexibility index (Phi) is 3.42. The Morgan fingerprint density at radius 2 is 1.93 bits per heavy atom. The van der Waals surface area contributed by atoms with Crippen molar-refractivity contribution in [1.82, 2.24) is 4.90 Å². The van der Waals surface area contributed by atoms with Gasteiger partial charge in [0, 0.05) is 6.04 Å². The number of hydrogen-bond donors (Lipinski definition) is 0. The zero-order valence-electron chi connectivity index (χ0n) is 9.87. The average Bonchev–Trinajstić information content (AvgIpc) is 2.31. The molecule has 0 saturated carbocycles. The molecule has 1 aromatic rings. The van der Waals surface area contributed by atoms with Gasteiger partial charge in [-0.15, -0.1) is 0 Å². The third-order valence-corrected chi connectivity index (χ3v) is 3.59. The normalized spacial score (nSPS) is 20.3. The fourth-order valence-electron chi connectivity index (χ4n) is 2.77. The molecule has 0 heterocycles. The molecule has 0 radical (unpaired) electrons. The van der Waals surface area contributed by atoms with Crippen molar-refractivity contribution in [3.05, 3.63) is 35.4 Å².